The molecule has 0 unspecified atom stereocenters. The van der Waals surface area contributed by atoms with Gasteiger partial charge in [-0.3, -0.25) is 9.78 Å². The number of ether oxygens (including phenoxy) is 2. The number of thiophene rings is 1. The van der Waals surface area contributed by atoms with E-state index < -0.39 is 17.8 Å². The van der Waals surface area contributed by atoms with Crippen molar-refractivity contribution in [3.8, 4) is 11.5 Å². The molecule has 0 fully saturated rings. The molecule has 0 radical (unpaired) electrons. The second kappa shape index (κ2) is 10.9. The lowest BCUT2D eigenvalue weighted by atomic mass is 10.1. The Morgan fingerprint density at radius 2 is 1.91 bits per heavy atom. The highest BCUT2D eigenvalue weighted by atomic mass is 32.2. The molecule has 0 aliphatic heterocycles. The van der Waals surface area contributed by atoms with E-state index in [1.807, 2.05) is 0 Å². The number of aromatic nitrogens is 3. The van der Waals surface area contributed by atoms with Crippen molar-refractivity contribution in [3.63, 3.8) is 0 Å². The molecule has 0 atom stereocenters. The molecule has 0 bridgehead atoms. The zero-order valence-corrected chi connectivity index (χ0v) is 19.2. The molecule has 168 valence electrons. The van der Waals surface area contributed by atoms with Crippen LogP contribution in [0.2, 0.25) is 0 Å². The van der Waals surface area contributed by atoms with Crippen LogP contribution in [0, 0.1) is 6.92 Å². The van der Waals surface area contributed by atoms with E-state index in [1.165, 1.54) is 0 Å². The number of hydrogen-bond acceptors (Lipinski definition) is 11. The summed E-state index contributed by atoms with van der Waals surface area (Å²) in [7, 11) is 0. The summed E-state index contributed by atoms with van der Waals surface area (Å²) >= 11 is 2.00. The molecular formula is C20H20N4O6S2. The van der Waals surface area contributed by atoms with Crippen molar-refractivity contribution in [3.05, 3.63) is 40.5 Å². The van der Waals surface area contributed by atoms with Gasteiger partial charge in [0.1, 0.15) is 9.88 Å². The van der Waals surface area contributed by atoms with Crippen LogP contribution in [0.5, 0.6) is 0 Å². The number of hydrogen-bond donors (Lipinski definition) is 1. The minimum Gasteiger partial charge on any atom is -0.462 e. The first kappa shape index (κ1) is 23.4. The molecule has 1 amide bonds. The lowest BCUT2D eigenvalue weighted by Gasteiger charge is -2.06. The topological polar surface area (TPSA) is 134 Å². The summed E-state index contributed by atoms with van der Waals surface area (Å²) in [6.07, 6.45) is 3.22. The molecule has 32 heavy (non-hydrogen) atoms. The molecule has 10 nitrogen and oxygen atoms in total. The van der Waals surface area contributed by atoms with Gasteiger partial charge in [0.2, 0.25) is 11.8 Å². The van der Waals surface area contributed by atoms with Gasteiger partial charge in [0, 0.05) is 12.4 Å². The van der Waals surface area contributed by atoms with E-state index in [1.54, 1.807) is 45.3 Å². The molecule has 3 aromatic heterocycles. The monoisotopic (exact) mass is 476 g/mol. The predicted octanol–water partition coefficient (Wildman–Crippen LogP) is 3.59. The Labute approximate surface area is 191 Å². The van der Waals surface area contributed by atoms with Crippen molar-refractivity contribution >= 4 is 45.9 Å². The number of amides is 1. The van der Waals surface area contributed by atoms with Crippen LogP contribution in [0.25, 0.3) is 11.5 Å². The predicted molar refractivity (Wildman–Crippen MR) is 118 cm³/mol. The molecule has 3 rings (SSSR count). The maximum absolute atomic E-state index is 12.5. The molecule has 3 aromatic rings. The van der Waals surface area contributed by atoms with Crippen molar-refractivity contribution in [2.45, 2.75) is 26.0 Å². The molecular weight excluding hydrogens is 456 g/mol. The zero-order valence-electron chi connectivity index (χ0n) is 17.5. The average Bonchev–Trinajstić information content (AvgIpc) is 3.38. The van der Waals surface area contributed by atoms with Crippen LogP contribution in [0.4, 0.5) is 5.00 Å². The second-order valence-electron chi connectivity index (χ2n) is 6.15. The summed E-state index contributed by atoms with van der Waals surface area (Å²) in [5.74, 6) is -1.37. The van der Waals surface area contributed by atoms with Gasteiger partial charge in [-0.25, -0.2) is 9.59 Å². The van der Waals surface area contributed by atoms with Gasteiger partial charge in [-0.05, 0) is 38.5 Å². The highest BCUT2D eigenvalue weighted by molar-refractivity contribution is 7.99. The molecule has 1 N–H and O–H groups in total. The van der Waals surface area contributed by atoms with E-state index >= 15 is 0 Å². The first-order chi connectivity index (χ1) is 15.4. The normalized spacial score (nSPS) is 10.6. The third kappa shape index (κ3) is 5.51. The van der Waals surface area contributed by atoms with Gasteiger partial charge in [0.05, 0.1) is 30.1 Å². The largest absolute Gasteiger partial charge is 0.462 e. The highest BCUT2D eigenvalue weighted by Crippen LogP contribution is 2.34. The van der Waals surface area contributed by atoms with Gasteiger partial charge in [0.25, 0.3) is 5.22 Å². The SMILES string of the molecule is CCOC(=O)c1sc(NC(=O)CSc2nnc(-c3cccnc3)o2)c(C(=O)OCC)c1C. The Balaban J connectivity index is 1.71. The third-order valence-electron chi connectivity index (χ3n) is 3.98. The molecule has 0 spiro atoms. The molecule has 3 heterocycles. The Morgan fingerprint density at radius 3 is 2.59 bits per heavy atom. The fourth-order valence-corrected chi connectivity index (χ4v) is 4.27. The lowest BCUT2D eigenvalue weighted by Crippen LogP contribution is -2.16. The number of pyridine rings is 1. The average molecular weight is 477 g/mol. The maximum atomic E-state index is 12.5. The molecule has 0 aliphatic rings. The molecule has 0 aliphatic carbocycles. The second-order valence-corrected chi connectivity index (χ2v) is 8.10. The number of thioether (sulfide) groups is 1. The van der Waals surface area contributed by atoms with Crippen molar-refractivity contribution in [1.82, 2.24) is 15.2 Å². The summed E-state index contributed by atoms with van der Waals surface area (Å²) in [6, 6.07) is 3.52. The maximum Gasteiger partial charge on any atom is 0.348 e. The number of nitrogens with one attached hydrogen (secondary N) is 1. The van der Waals surface area contributed by atoms with Crippen molar-refractivity contribution in [2.24, 2.45) is 0 Å². The molecule has 0 aromatic carbocycles. The van der Waals surface area contributed by atoms with Crippen LogP contribution in [0.1, 0.15) is 39.4 Å². The smallest absolute Gasteiger partial charge is 0.348 e. The van der Waals surface area contributed by atoms with E-state index in [4.69, 9.17) is 13.9 Å². The van der Waals surface area contributed by atoms with Crippen molar-refractivity contribution in [1.29, 1.82) is 0 Å². The summed E-state index contributed by atoms with van der Waals surface area (Å²) in [5.41, 5.74) is 1.19. The molecule has 0 saturated heterocycles. The summed E-state index contributed by atoms with van der Waals surface area (Å²) in [5, 5.41) is 10.9. The summed E-state index contributed by atoms with van der Waals surface area (Å²) in [6.45, 7) is 5.31. The Morgan fingerprint density at radius 1 is 1.16 bits per heavy atom. The Kier molecular flexibility index (Phi) is 7.95. The fraction of sp³-hybridized carbons (Fsp3) is 0.300. The third-order valence-corrected chi connectivity index (χ3v) is 5.99. The van der Waals surface area contributed by atoms with Gasteiger partial charge in [-0.2, -0.15) is 0 Å². The Hall–Kier alpha value is -3.25. The number of carbonyl (C=O) groups excluding carboxylic acids is 3. The fourth-order valence-electron chi connectivity index (χ4n) is 2.61. The number of rotatable bonds is 9. The lowest BCUT2D eigenvalue weighted by molar-refractivity contribution is -0.113. The molecule has 12 heteroatoms. The van der Waals surface area contributed by atoms with Gasteiger partial charge in [0.15, 0.2) is 0 Å². The number of esters is 2. The highest BCUT2D eigenvalue weighted by Gasteiger charge is 2.27. The first-order valence-electron chi connectivity index (χ1n) is 9.58. The van der Waals surface area contributed by atoms with Crippen LogP contribution in [0.3, 0.4) is 0 Å². The standard InChI is InChI=1S/C20H20N4O6S2/c1-4-28-18(26)14-11(3)15(19(27)29-5-2)32-17(14)22-13(25)10-31-20-24-23-16(30-20)12-7-6-8-21-9-12/h6-9H,4-5,10H2,1-3H3,(H,22,25). The summed E-state index contributed by atoms with van der Waals surface area (Å²) in [4.78, 5) is 41.4. The van der Waals surface area contributed by atoms with E-state index in [2.05, 4.69) is 20.5 Å². The van der Waals surface area contributed by atoms with Gasteiger partial charge < -0.3 is 19.2 Å². The van der Waals surface area contributed by atoms with Crippen molar-refractivity contribution < 1.29 is 28.3 Å². The number of carbonyl (C=O) groups is 3. The quantitative estimate of drug-likeness (QED) is 0.361. The van der Waals surface area contributed by atoms with Crippen molar-refractivity contribution in [2.75, 3.05) is 24.3 Å². The van der Waals surface area contributed by atoms with E-state index in [-0.39, 0.29) is 39.6 Å². The minimum absolute atomic E-state index is 0.0530. The van der Waals surface area contributed by atoms with E-state index in [0.29, 0.717) is 17.0 Å². The van der Waals surface area contributed by atoms with Crippen LogP contribution in [0.15, 0.2) is 34.2 Å². The van der Waals surface area contributed by atoms with E-state index in [0.717, 1.165) is 23.1 Å². The number of nitrogens with zero attached hydrogens (tertiary/aromatic N) is 3. The zero-order chi connectivity index (χ0) is 23.1. The summed E-state index contributed by atoms with van der Waals surface area (Å²) < 4.78 is 15.6. The van der Waals surface area contributed by atoms with E-state index in [9.17, 15) is 14.4 Å². The van der Waals surface area contributed by atoms with Gasteiger partial charge >= 0.3 is 11.9 Å². The van der Waals surface area contributed by atoms with Crippen LogP contribution in [-0.4, -0.2) is 52.0 Å². The van der Waals surface area contributed by atoms with Crippen LogP contribution in [-0.2, 0) is 14.3 Å². The number of anilines is 1. The van der Waals surface area contributed by atoms with Gasteiger partial charge in [-0.1, -0.05) is 11.8 Å². The van der Waals surface area contributed by atoms with Crippen LogP contribution >= 0.6 is 23.1 Å². The van der Waals surface area contributed by atoms with Gasteiger partial charge in [-0.15, -0.1) is 21.5 Å². The Bertz CT molecular complexity index is 1110. The molecule has 0 saturated carbocycles. The minimum atomic E-state index is -0.627. The van der Waals surface area contributed by atoms with Crippen LogP contribution < -0.4 is 5.32 Å². The first-order valence-corrected chi connectivity index (χ1v) is 11.4.